The Morgan fingerprint density at radius 1 is 1.23 bits per heavy atom. The molecule has 0 radical (unpaired) electrons. The van der Waals surface area contributed by atoms with Gasteiger partial charge in [-0.3, -0.25) is 0 Å². The van der Waals surface area contributed by atoms with Crippen molar-refractivity contribution >= 4 is 21.9 Å². The first-order valence-corrected chi connectivity index (χ1v) is 10.1. The van der Waals surface area contributed by atoms with Crippen LogP contribution in [-0.4, -0.2) is 29.2 Å². The minimum Gasteiger partial charge on any atom is -0.486 e. The summed E-state index contributed by atoms with van der Waals surface area (Å²) in [6.45, 7) is 3.99. The molecular formula is C20H23BrFN3O. The van der Waals surface area contributed by atoms with Crippen molar-refractivity contribution in [2.45, 2.75) is 45.1 Å². The van der Waals surface area contributed by atoms with Crippen LogP contribution in [0.4, 0.5) is 10.3 Å². The first-order chi connectivity index (χ1) is 12.6. The van der Waals surface area contributed by atoms with Crippen LogP contribution >= 0.6 is 15.9 Å². The molecule has 0 bridgehead atoms. The number of ether oxygens (including phenoxy) is 1. The van der Waals surface area contributed by atoms with Gasteiger partial charge < -0.3 is 9.64 Å². The number of piperidine rings is 1. The molecule has 4 rings (SSSR count). The SMILES string of the molecule is CCCc1cnc(N2CCC(C3Cc4cc(Br)cc(F)c4O3)CC2)nc1. The van der Waals surface area contributed by atoms with E-state index in [0.717, 1.165) is 61.2 Å². The number of hydrogen-bond acceptors (Lipinski definition) is 4. The third-order valence-corrected chi connectivity index (χ3v) is 5.81. The Bertz CT molecular complexity index is 775. The Morgan fingerprint density at radius 2 is 1.96 bits per heavy atom. The largest absolute Gasteiger partial charge is 0.486 e. The fourth-order valence-electron chi connectivity index (χ4n) is 3.97. The van der Waals surface area contributed by atoms with Crippen LogP contribution in [0.25, 0.3) is 0 Å². The van der Waals surface area contributed by atoms with Crippen LogP contribution in [0.15, 0.2) is 29.0 Å². The van der Waals surface area contributed by atoms with E-state index in [9.17, 15) is 4.39 Å². The zero-order chi connectivity index (χ0) is 18.1. The maximum atomic E-state index is 14.1. The quantitative estimate of drug-likeness (QED) is 0.728. The van der Waals surface area contributed by atoms with Crippen molar-refractivity contribution in [3.63, 3.8) is 0 Å². The standard InChI is InChI=1S/C20H23BrFN3O/c1-2-3-13-11-23-20(24-12-13)25-6-4-14(5-7-25)18-9-15-8-16(21)10-17(22)19(15)26-18/h8,10-12,14,18H,2-7,9H2,1H3. The fraction of sp³-hybridized carbons (Fsp3) is 0.500. The van der Waals surface area contributed by atoms with E-state index in [1.165, 1.54) is 11.6 Å². The van der Waals surface area contributed by atoms with Gasteiger partial charge in [-0.05, 0) is 42.9 Å². The number of halogens is 2. The Morgan fingerprint density at radius 3 is 2.65 bits per heavy atom. The maximum absolute atomic E-state index is 14.1. The zero-order valence-electron chi connectivity index (χ0n) is 14.9. The number of aromatic nitrogens is 2. The van der Waals surface area contributed by atoms with Gasteiger partial charge in [0.1, 0.15) is 6.10 Å². The zero-order valence-corrected chi connectivity index (χ0v) is 16.5. The number of anilines is 1. The van der Waals surface area contributed by atoms with E-state index in [1.807, 2.05) is 18.5 Å². The van der Waals surface area contributed by atoms with Crippen molar-refractivity contribution < 1.29 is 9.13 Å². The number of fused-ring (bicyclic) bond motifs is 1. The lowest BCUT2D eigenvalue weighted by molar-refractivity contribution is 0.134. The number of hydrogen-bond donors (Lipinski definition) is 0. The van der Waals surface area contributed by atoms with Crippen molar-refractivity contribution in [1.82, 2.24) is 9.97 Å². The molecule has 1 saturated heterocycles. The van der Waals surface area contributed by atoms with Crippen molar-refractivity contribution in [1.29, 1.82) is 0 Å². The lowest BCUT2D eigenvalue weighted by atomic mass is 9.89. The minimum absolute atomic E-state index is 0.0730. The van der Waals surface area contributed by atoms with Crippen LogP contribution in [-0.2, 0) is 12.8 Å². The second-order valence-electron chi connectivity index (χ2n) is 7.20. The van der Waals surface area contributed by atoms with Gasteiger partial charge in [0, 0.05) is 41.9 Å². The predicted octanol–water partition coefficient (Wildman–Crippen LogP) is 4.55. The Kier molecular flexibility index (Phi) is 5.11. The first kappa shape index (κ1) is 17.7. The van der Waals surface area contributed by atoms with Crippen molar-refractivity contribution in [3.05, 3.63) is 45.9 Å². The van der Waals surface area contributed by atoms with E-state index < -0.39 is 0 Å². The molecule has 1 fully saturated rings. The molecule has 0 aliphatic carbocycles. The van der Waals surface area contributed by atoms with Gasteiger partial charge in [-0.25, -0.2) is 14.4 Å². The summed E-state index contributed by atoms with van der Waals surface area (Å²) in [5, 5.41) is 0. The molecule has 26 heavy (non-hydrogen) atoms. The Labute approximate surface area is 161 Å². The summed E-state index contributed by atoms with van der Waals surface area (Å²) in [4.78, 5) is 11.3. The van der Waals surface area contributed by atoms with Crippen LogP contribution < -0.4 is 9.64 Å². The second kappa shape index (κ2) is 7.51. The predicted molar refractivity (Wildman–Crippen MR) is 103 cm³/mol. The first-order valence-electron chi connectivity index (χ1n) is 9.34. The smallest absolute Gasteiger partial charge is 0.225 e. The number of aryl methyl sites for hydroxylation is 1. The summed E-state index contributed by atoms with van der Waals surface area (Å²) in [6, 6.07) is 3.45. The summed E-state index contributed by atoms with van der Waals surface area (Å²) in [7, 11) is 0. The van der Waals surface area contributed by atoms with Crippen molar-refractivity contribution in [2.24, 2.45) is 5.92 Å². The highest BCUT2D eigenvalue weighted by Crippen LogP contribution is 2.38. The van der Waals surface area contributed by atoms with Crippen molar-refractivity contribution in [3.8, 4) is 5.75 Å². The third kappa shape index (κ3) is 3.56. The van der Waals surface area contributed by atoms with E-state index in [0.29, 0.717) is 11.7 Å². The number of nitrogens with zero attached hydrogens (tertiary/aromatic N) is 3. The van der Waals surface area contributed by atoms with Crippen LogP contribution in [0, 0.1) is 11.7 Å². The summed E-state index contributed by atoms with van der Waals surface area (Å²) in [6.07, 6.45) is 8.90. The van der Waals surface area contributed by atoms with E-state index in [2.05, 4.69) is 37.7 Å². The van der Waals surface area contributed by atoms with E-state index in [1.54, 1.807) is 0 Å². The molecule has 0 amide bonds. The summed E-state index contributed by atoms with van der Waals surface area (Å²) in [5.41, 5.74) is 2.16. The monoisotopic (exact) mass is 419 g/mol. The Hall–Kier alpha value is -1.69. The van der Waals surface area contributed by atoms with Gasteiger partial charge in [0.25, 0.3) is 0 Å². The molecule has 1 aromatic carbocycles. The molecule has 3 heterocycles. The molecule has 1 atom stereocenters. The van der Waals surface area contributed by atoms with Gasteiger partial charge in [-0.2, -0.15) is 0 Å². The summed E-state index contributed by atoms with van der Waals surface area (Å²) in [5.74, 6) is 1.43. The van der Waals surface area contributed by atoms with Gasteiger partial charge >= 0.3 is 0 Å². The van der Waals surface area contributed by atoms with Crippen LogP contribution in [0.3, 0.4) is 0 Å². The van der Waals surface area contributed by atoms with Gasteiger partial charge in [0.05, 0.1) is 0 Å². The highest BCUT2D eigenvalue weighted by molar-refractivity contribution is 9.10. The molecule has 6 heteroatoms. The molecule has 138 valence electrons. The van der Waals surface area contributed by atoms with Crippen LogP contribution in [0.1, 0.15) is 37.3 Å². The van der Waals surface area contributed by atoms with E-state index >= 15 is 0 Å². The molecule has 0 spiro atoms. The Balaban J connectivity index is 1.36. The average Bonchev–Trinajstić information content (AvgIpc) is 3.07. The molecule has 1 unspecified atom stereocenters. The van der Waals surface area contributed by atoms with E-state index in [-0.39, 0.29) is 11.9 Å². The lowest BCUT2D eigenvalue weighted by Gasteiger charge is -2.34. The molecule has 1 aromatic heterocycles. The van der Waals surface area contributed by atoms with Gasteiger partial charge in [-0.15, -0.1) is 0 Å². The van der Waals surface area contributed by atoms with Gasteiger partial charge in [0.15, 0.2) is 11.6 Å². The molecule has 0 N–H and O–H groups in total. The van der Waals surface area contributed by atoms with Crippen molar-refractivity contribution in [2.75, 3.05) is 18.0 Å². The number of benzene rings is 1. The van der Waals surface area contributed by atoms with Gasteiger partial charge in [-0.1, -0.05) is 29.3 Å². The lowest BCUT2D eigenvalue weighted by Crippen LogP contribution is -2.40. The maximum Gasteiger partial charge on any atom is 0.225 e. The number of rotatable bonds is 4. The third-order valence-electron chi connectivity index (χ3n) is 5.35. The van der Waals surface area contributed by atoms with Gasteiger partial charge in [0.2, 0.25) is 5.95 Å². The van der Waals surface area contributed by atoms with Crippen LogP contribution in [0.5, 0.6) is 5.75 Å². The average molecular weight is 420 g/mol. The highest BCUT2D eigenvalue weighted by atomic mass is 79.9. The summed E-state index contributed by atoms with van der Waals surface area (Å²) >= 11 is 3.36. The second-order valence-corrected chi connectivity index (χ2v) is 8.12. The summed E-state index contributed by atoms with van der Waals surface area (Å²) < 4.78 is 20.8. The molecule has 2 aliphatic heterocycles. The topological polar surface area (TPSA) is 38.2 Å². The highest BCUT2D eigenvalue weighted by Gasteiger charge is 2.34. The van der Waals surface area contributed by atoms with Crippen LogP contribution in [0.2, 0.25) is 0 Å². The minimum atomic E-state index is -0.269. The fourth-order valence-corrected chi connectivity index (χ4v) is 4.45. The molecule has 0 saturated carbocycles. The molecule has 4 nitrogen and oxygen atoms in total. The molecule has 2 aliphatic rings. The molecular weight excluding hydrogens is 397 g/mol. The normalized spacial score (nSPS) is 20.1. The van der Waals surface area contributed by atoms with E-state index in [4.69, 9.17) is 4.74 Å². The molecule has 2 aromatic rings.